The van der Waals surface area contributed by atoms with E-state index in [9.17, 15) is 4.39 Å². The van der Waals surface area contributed by atoms with Crippen LogP contribution in [0.5, 0.6) is 0 Å². The Morgan fingerprint density at radius 3 is 2.07 bits per heavy atom. The van der Waals surface area contributed by atoms with Crippen LogP contribution in [0.4, 0.5) is 4.39 Å². The summed E-state index contributed by atoms with van der Waals surface area (Å²) in [5, 5.41) is 0. The molecule has 0 bridgehead atoms. The van der Waals surface area contributed by atoms with Crippen LogP contribution in [0.2, 0.25) is 0 Å². The first-order chi connectivity index (χ1) is 7.31. The van der Waals surface area contributed by atoms with Gasteiger partial charge in [-0.3, -0.25) is 0 Å². The van der Waals surface area contributed by atoms with Gasteiger partial charge in [0.2, 0.25) is 0 Å². The topological polar surface area (TPSA) is 0 Å². The first-order valence-electron chi connectivity index (χ1n) is 6.21. The van der Waals surface area contributed by atoms with Gasteiger partial charge in [0.1, 0.15) is 6.67 Å². The first-order valence-corrected chi connectivity index (χ1v) is 7.29. The number of hydrogen-bond acceptors (Lipinski definition) is 0. The summed E-state index contributed by atoms with van der Waals surface area (Å²) < 4.78 is 12.9. The minimum atomic E-state index is -0.294. The van der Waals surface area contributed by atoms with Crippen molar-refractivity contribution in [3.8, 4) is 0 Å². The molecule has 0 rings (SSSR count). The van der Waals surface area contributed by atoms with Crippen LogP contribution in [0.1, 0.15) is 64.7 Å². The molecule has 0 radical (unpaired) electrons. The Kier molecular flexibility index (Phi) is 12.8. The number of hydrogen-bond donors (Lipinski definition) is 0. The molecule has 15 heavy (non-hydrogen) atoms. The Morgan fingerprint density at radius 1 is 1.00 bits per heavy atom. The highest BCUT2D eigenvalue weighted by molar-refractivity contribution is 14.1. The van der Waals surface area contributed by atoms with Crippen LogP contribution in [-0.4, -0.2) is 6.67 Å². The van der Waals surface area contributed by atoms with Crippen LogP contribution in [0.25, 0.3) is 0 Å². The summed E-state index contributed by atoms with van der Waals surface area (Å²) in [6, 6.07) is 0. The van der Waals surface area contributed by atoms with E-state index in [4.69, 9.17) is 0 Å². The lowest BCUT2D eigenvalue weighted by Gasteiger charge is -2.00. The van der Waals surface area contributed by atoms with Crippen LogP contribution in [0.15, 0.2) is 9.66 Å². The maximum Gasteiger partial charge on any atom is 0.120 e. The zero-order valence-corrected chi connectivity index (χ0v) is 12.1. The van der Waals surface area contributed by atoms with E-state index < -0.39 is 0 Å². The SMILES string of the molecule is CCCCCCCCCCC=C(I)CF. The lowest BCUT2D eigenvalue weighted by Crippen LogP contribution is -1.80. The van der Waals surface area contributed by atoms with Crippen molar-refractivity contribution in [1.82, 2.24) is 0 Å². The van der Waals surface area contributed by atoms with E-state index >= 15 is 0 Å². The summed E-state index contributed by atoms with van der Waals surface area (Å²) in [5.74, 6) is 0. The number of allylic oxidation sites excluding steroid dienone is 2. The smallest absolute Gasteiger partial charge is 0.120 e. The van der Waals surface area contributed by atoms with Crippen LogP contribution in [-0.2, 0) is 0 Å². The van der Waals surface area contributed by atoms with E-state index in [1.54, 1.807) is 0 Å². The van der Waals surface area contributed by atoms with Crippen LogP contribution >= 0.6 is 22.6 Å². The molecule has 0 aromatic carbocycles. The predicted octanol–water partition coefficient (Wildman–Crippen LogP) is 5.81. The van der Waals surface area contributed by atoms with Gasteiger partial charge in [-0.05, 0) is 35.4 Å². The van der Waals surface area contributed by atoms with Gasteiger partial charge in [-0.1, -0.05) is 57.9 Å². The summed E-state index contributed by atoms with van der Waals surface area (Å²) in [6.07, 6.45) is 13.8. The molecule has 0 N–H and O–H groups in total. The summed E-state index contributed by atoms with van der Waals surface area (Å²) in [4.78, 5) is 0. The van der Waals surface area contributed by atoms with Crippen LogP contribution in [0.3, 0.4) is 0 Å². The maximum absolute atomic E-state index is 12.1. The van der Waals surface area contributed by atoms with Gasteiger partial charge < -0.3 is 0 Å². The van der Waals surface area contributed by atoms with Crippen molar-refractivity contribution < 1.29 is 4.39 Å². The average molecular weight is 326 g/mol. The molecule has 0 aliphatic heterocycles. The van der Waals surface area contributed by atoms with E-state index in [0.717, 1.165) is 10.0 Å². The fraction of sp³-hybridized carbons (Fsp3) is 0.846. The lowest BCUT2D eigenvalue weighted by molar-refractivity contribution is 0.556. The zero-order valence-electron chi connectivity index (χ0n) is 9.90. The van der Waals surface area contributed by atoms with Gasteiger partial charge in [-0.25, -0.2) is 4.39 Å². The Bertz CT molecular complexity index is 155. The largest absolute Gasteiger partial charge is 0.245 e. The Hall–Kier alpha value is 0.400. The second-order valence-electron chi connectivity index (χ2n) is 4.05. The summed E-state index contributed by atoms with van der Waals surface area (Å²) in [6.45, 7) is 1.95. The minimum absolute atomic E-state index is 0.294. The predicted molar refractivity (Wildman–Crippen MR) is 75.3 cm³/mol. The van der Waals surface area contributed by atoms with Gasteiger partial charge in [-0.15, -0.1) is 0 Å². The molecule has 0 aliphatic rings. The number of unbranched alkanes of at least 4 members (excludes halogenated alkanes) is 8. The van der Waals surface area contributed by atoms with Gasteiger partial charge in [0.25, 0.3) is 0 Å². The zero-order chi connectivity index (χ0) is 11.4. The van der Waals surface area contributed by atoms with Crippen molar-refractivity contribution in [3.63, 3.8) is 0 Å². The van der Waals surface area contributed by atoms with E-state index in [1.165, 1.54) is 51.4 Å². The third-order valence-electron chi connectivity index (χ3n) is 2.55. The fourth-order valence-electron chi connectivity index (χ4n) is 1.59. The standard InChI is InChI=1S/C13H24FI/c1-2-3-4-5-6-7-8-9-10-11-13(15)12-14/h11H,2-10,12H2,1H3. The van der Waals surface area contributed by atoms with Crippen molar-refractivity contribution in [2.75, 3.05) is 6.67 Å². The van der Waals surface area contributed by atoms with Crippen LogP contribution in [0, 0.1) is 0 Å². The molecular weight excluding hydrogens is 302 g/mol. The molecule has 90 valence electrons. The Labute approximate surface area is 108 Å². The maximum atomic E-state index is 12.1. The van der Waals surface area contributed by atoms with Gasteiger partial charge in [0.15, 0.2) is 0 Å². The molecule has 0 saturated heterocycles. The first kappa shape index (κ1) is 15.4. The molecule has 0 fully saturated rings. The van der Waals surface area contributed by atoms with E-state index in [-0.39, 0.29) is 6.67 Å². The van der Waals surface area contributed by atoms with Crippen LogP contribution < -0.4 is 0 Å². The number of alkyl halides is 1. The fourth-order valence-corrected chi connectivity index (χ4v) is 1.90. The van der Waals surface area contributed by atoms with Crippen molar-refractivity contribution in [2.45, 2.75) is 64.7 Å². The van der Waals surface area contributed by atoms with E-state index in [0.29, 0.717) is 0 Å². The highest BCUT2D eigenvalue weighted by atomic mass is 127. The minimum Gasteiger partial charge on any atom is -0.245 e. The summed E-state index contributed by atoms with van der Waals surface area (Å²) in [5.41, 5.74) is 0. The molecule has 0 aromatic heterocycles. The third-order valence-corrected chi connectivity index (χ3v) is 3.28. The molecule has 0 aromatic rings. The van der Waals surface area contributed by atoms with Gasteiger partial charge in [0.05, 0.1) is 0 Å². The molecular formula is C13H24FI. The molecule has 0 spiro atoms. The van der Waals surface area contributed by atoms with Crippen molar-refractivity contribution in [2.24, 2.45) is 0 Å². The van der Waals surface area contributed by atoms with Crippen molar-refractivity contribution in [3.05, 3.63) is 9.66 Å². The molecule has 2 heteroatoms. The molecule has 0 unspecified atom stereocenters. The summed E-state index contributed by atoms with van der Waals surface area (Å²) in [7, 11) is 0. The van der Waals surface area contributed by atoms with Gasteiger partial charge >= 0.3 is 0 Å². The normalized spacial score (nSPS) is 12.1. The van der Waals surface area contributed by atoms with Gasteiger partial charge in [0, 0.05) is 3.58 Å². The van der Waals surface area contributed by atoms with Crippen molar-refractivity contribution >= 4 is 22.6 Å². The third kappa shape index (κ3) is 12.3. The number of halogens is 2. The quantitative estimate of drug-likeness (QED) is 0.351. The molecule has 0 saturated carbocycles. The van der Waals surface area contributed by atoms with Gasteiger partial charge in [-0.2, -0.15) is 0 Å². The van der Waals surface area contributed by atoms with E-state index in [1.807, 2.05) is 6.08 Å². The Balaban J connectivity index is 3.05. The molecule has 0 nitrogen and oxygen atoms in total. The second-order valence-corrected chi connectivity index (χ2v) is 5.43. The molecule has 0 heterocycles. The number of rotatable bonds is 10. The second kappa shape index (κ2) is 12.5. The average Bonchev–Trinajstić information content (AvgIpc) is 2.26. The van der Waals surface area contributed by atoms with Crippen molar-refractivity contribution in [1.29, 1.82) is 0 Å². The molecule has 0 amide bonds. The monoisotopic (exact) mass is 326 g/mol. The van der Waals surface area contributed by atoms with E-state index in [2.05, 4.69) is 29.5 Å². The molecule has 0 atom stereocenters. The Morgan fingerprint density at radius 2 is 1.53 bits per heavy atom. The summed E-state index contributed by atoms with van der Waals surface area (Å²) >= 11 is 2.08. The highest BCUT2D eigenvalue weighted by Gasteiger charge is 1.92. The highest BCUT2D eigenvalue weighted by Crippen LogP contribution is 2.12. The lowest BCUT2D eigenvalue weighted by atomic mass is 10.1. The molecule has 0 aliphatic carbocycles.